The van der Waals surface area contributed by atoms with E-state index in [2.05, 4.69) is 15.4 Å². The van der Waals surface area contributed by atoms with Crippen LogP contribution in [0.25, 0.3) is 11.3 Å². The zero-order chi connectivity index (χ0) is 18.0. The third-order valence-corrected chi connectivity index (χ3v) is 3.91. The Balaban J connectivity index is 1.87. The summed E-state index contributed by atoms with van der Waals surface area (Å²) in [5, 5.41) is 8.01. The van der Waals surface area contributed by atoms with Crippen molar-refractivity contribution in [2.75, 3.05) is 12.4 Å². The van der Waals surface area contributed by atoms with Crippen LogP contribution in [0, 0.1) is 0 Å². The van der Waals surface area contributed by atoms with Crippen molar-refractivity contribution < 1.29 is 9.53 Å². The van der Waals surface area contributed by atoms with Gasteiger partial charge in [0.1, 0.15) is 5.75 Å². The van der Waals surface area contributed by atoms with Crippen molar-refractivity contribution >= 4 is 34.8 Å². The second-order valence-corrected chi connectivity index (χ2v) is 6.14. The van der Waals surface area contributed by atoms with Crippen LogP contribution < -0.4 is 10.1 Å². The van der Waals surface area contributed by atoms with E-state index in [1.165, 1.54) is 13.3 Å². The van der Waals surface area contributed by atoms with Crippen LogP contribution in [0.2, 0.25) is 10.0 Å². The van der Waals surface area contributed by atoms with Crippen molar-refractivity contribution in [1.82, 2.24) is 14.8 Å². The van der Waals surface area contributed by atoms with Gasteiger partial charge in [0.05, 0.1) is 30.9 Å². The summed E-state index contributed by atoms with van der Waals surface area (Å²) in [4.78, 5) is 16.4. The number of carbonyl (C=O) groups is 1. The number of benzene rings is 1. The zero-order valence-electron chi connectivity index (χ0n) is 13.5. The second-order valence-electron chi connectivity index (χ2n) is 5.26. The topological polar surface area (TPSA) is 69.0 Å². The number of hydrogen-bond acceptors (Lipinski definition) is 4. The number of amides is 1. The third-order valence-electron chi connectivity index (χ3n) is 3.48. The van der Waals surface area contributed by atoms with Gasteiger partial charge < -0.3 is 10.1 Å². The summed E-state index contributed by atoms with van der Waals surface area (Å²) in [6.07, 6.45) is 3.08. The Kier molecular flexibility index (Phi) is 4.92. The van der Waals surface area contributed by atoms with Crippen LogP contribution in [0.4, 0.5) is 5.69 Å². The van der Waals surface area contributed by atoms with E-state index in [9.17, 15) is 4.79 Å². The van der Waals surface area contributed by atoms with E-state index in [0.29, 0.717) is 21.5 Å². The molecule has 2 aromatic heterocycles. The van der Waals surface area contributed by atoms with Crippen LogP contribution in [0.5, 0.6) is 5.75 Å². The average molecular weight is 377 g/mol. The SMILES string of the molecule is COc1cncc(NC(=O)c2cc(-c3cc(Cl)cc(Cl)c3)n(C)n2)c1. The molecule has 0 saturated carbocycles. The molecule has 0 saturated heterocycles. The minimum absolute atomic E-state index is 0.261. The molecular weight excluding hydrogens is 363 g/mol. The fourth-order valence-corrected chi connectivity index (χ4v) is 2.87. The largest absolute Gasteiger partial charge is 0.495 e. The number of aryl methyl sites for hydroxylation is 1. The van der Waals surface area contributed by atoms with Gasteiger partial charge in [0.2, 0.25) is 0 Å². The molecule has 1 amide bonds. The first-order chi connectivity index (χ1) is 12.0. The molecule has 6 nitrogen and oxygen atoms in total. The van der Waals surface area contributed by atoms with Crippen LogP contribution >= 0.6 is 23.2 Å². The first-order valence-corrected chi connectivity index (χ1v) is 8.03. The maximum atomic E-state index is 12.4. The molecule has 25 heavy (non-hydrogen) atoms. The highest BCUT2D eigenvalue weighted by molar-refractivity contribution is 6.35. The van der Waals surface area contributed by atoms with Gasteiger partial charge in [-0.1, -0.05) is 23.2 Å². The summed E-state index contributed by atoms with van der Waals surface area (Å²) in [7, 11) is 3.28. The van der Waals surface area contributed by atoms with Crippen LogP contribution in [-0.2, 0) is 7.05 Å². The molecule has 0 aliphatic heterocycles. The van der Waals surface area contributed by atoms with Gasteiger partial charge in [-0.25, -0.2) is 0 Å². The molecule has 0 unspecified atom stereocenters. The summed E-state index contributed by atoms with van der Waals surface area (Å²) in [6, 6.07) is 8.51. The van der Waals surface area contributed by atoms with E-state index in [1.54, 1.807) is 48.3 Å². The number of carbonyl (C=O) groups excluding carboxylic acids is 1. The number of hydrogen-bond donors (Lipinski definition) is 1. The maximum Gasteiger partial charge on any atom is 0.276 e. The molecule has 0 fully saturated rings. The van der Waals surface area contributed by atoms with E-state index < -0.39 is 0 Å². The standard InChI is InChI=1S/C17H14Cl2N4O2/c1-23-16(10-3-11(18)5-12(19)4-10)7-15(22-23)17(24)21-13-6-14(25-2)9-20-8-13/h3-9H,1-2H3,(H,21,24). The van der Waals surface area contributed by atoms with Crippen LogP contribution in [0.3, 0.4) is 0 Å². The molecule has 3 aromatic rings. The van der Waals surface area contributed by atoms with Crippen LogP contribution in [-0.4, -0.2) is 27.8 Å². The highest BCUT2D eigenvalue weighted by Crippen LogP contribution is 2.27. The van der Waals surface area contributed by atoms with E-state index in [0.717, 1.165) is 11.3 Å². The number of nitrogens with zero attached hydrogens (tertiary/aromatic N) is 3. The molecular formula is C17H14Cl2N4O2. The predicted molar refractivity (Wildman–Crippen MR) is 97.4 cm³/mol. The minimum Gasteiger partial charge on any atom is -0.495 e. The summed E-state index contributed by atoms with van der Waals surface area (Å²) in [6.45, 7) is 0. The lowest BCUT2D eigenvalue weighted by molar-refractivity contribution is 0.102. The number of aromatic nitrogens is 3. The quantitative estimate of drug-likeness (QED) is 0.745. The molecule has 0 aliphatic rings. The Hall–Kier alpha value is -2.57. The number of pyridine rings is 1. The van der Waals surface area contributed by atoms with E-state index in [4.69, 9.17) is 27.9 Å². The Morgan fingerprint density at radius 3 is 2.52 bits per heavy atom. The minimum atomic E-state index is -0.356. The van der Waals surface area contributed by atoms with Crippen LogP contribution in [0.1, 0.15) is 10.5 Å². The van der Waals surface area contributed by atoms with Crippen molar-refractivity contribution in [2.45, 2.75) is 0 Å². The lowest BCUT2D eigenvalue weighted by atomic mass is 10.1. The predicted octanol–water partition coefficient (Wildman–Crippen LogP) is 4.05. The molecule has 2 heterocycles. The highest BCUT2D eigenvalue weighted by Gasteiger charge is 2.15. The van der Waals surface area contributed by atoms with Gasteiger partial charge in [-0.2, -0.15) is 5.10 Å². The Labute approximate surface area is 154 Å². The molecule has 1 aromatic carbocycles. The van der Waals surface area contributed by atoms with Gasteiger partial charge in [-0.3, -0.25) is 14.5 Å². The van der Waals surface area contributed by atoms with Crippen molar-refractivity contribution in [3.8, 4) is 17.0 Å². The van der Waals surface area contributed by atoms with Gasteiger partial charge in [0.25, 0.3) is 5.91 Å². The number of rotatable bonds is 4. The first-order valence-electron chi connectivity index (χ1n) is 7.27. The molecule has 1 N–H and O–H groups in total. The number of nitrogens with one attached hydrogen (secondary N) is 1. The average Bonchev–Trinajstić information content (AvgIpc) is 2.96. The molecule has 0 aliphatic carbocycles. The number of anilines is 1. The van der Waals surface area contributed by atoms with E-state index in [-0.39, 0.29) is 11.6 Å². The zero-order valence-corrected chi connectivity index (χ0v) is 15.0. The number of ether oxygens (including phenoxy) is 1. The van der Waals surface area contributed by atoms with Gasteiger partial charge in [0.15, 0.2) is 5.69 Å². The van der Waals surface area contributed by atoms with Gasteiger partial charge in [-0.05, 0) is 24.3 Å². The molecule has 0 radical (unpaired) electrons. The summed E-state index contributed by atoms with van der Waals surface area (Å²) >= 11 is 12.1. The van der Waals surface area contributed by atoms with Gasteiger partial charge >= 0.3 is 0 Å². The molecule has 128 valence electrons. The van der Waals surface area contributed by atoms with E-state index in [1.807, 2.05) is 0 Å². The van der Waals surface area contributed by atoms with Crippen molar-refractivity contribution in [2.24, 2.45) is 7.05 Å². The van der Waals surface area contributed by atoms with Crippen molar-refractivity contribution in [3.05, 3.63) is 58.5 Å². The molecule has 0 spiro atoms. The molecule has 0 atom stereocenters. The molecule has 0 bridgehead atoms. The Morgan fingerprint density at radius 1 is 1.12 bits per heavy atom. The van der Waals surface area contributed by atoms with Crippen LogP contribution in [0.15, 0.2) is 42.7 Å². The summed E-state index contributed by atoms with van der Waals surface area (Å²) in [5.74, 6) is 0.193. The first kappa shape index (κ1) is 17.3. The molecule has 8 heteroatoms. The second kappa shape index (κ2) is 7.13. The summed E-state index contributed by atoms with van der Waals surface area (Å²) < 4.78 is 6.68. The molecule has 3 rings (SSSR count). The van der Waals surface area contributed by atoms with Crippen molar-refractivity contribution in [1.29, 1.82) is 0 Å². The monoisotopic (exact) mass is 376 g/mol. The highest BCUT2D eigenvalue weighted by atomic mass is 35.5. The number of halogens is 2. The van der Waals surface area contributed by atoms with Crippen molar-refractivity contribution in [3.63, 3.8) is 0 Å². The Morgan fingerprint density at radius 2 is 1.84 bits per heavy atom. The number of methoxy groups -OCH3 is 1. The van der Waals surface area contributed by atoms with Gasteiger partial charge in [-0.15, -0.1) is 0 Å². The van der Waals surface area contributed by atoms with E-state index >= 15 is 0 Å². The van der Waals surface area contributed by atoms with Gasteiger partial charge in [0, 0.05) is 28.7 Å². The fourth-order valence-electron chi connectivity index (χ4n) is 2.34. The third kappa shape index (κ3) is 3.92. The summed E-state index contributed by atoms with van der Waals surface area (Å²) in [5.41, 5.74) is 2.27. The lowest BCUT2D eigenvalue weighted by Gasteiger charge is -2.04. The Bertz CT molecular complexity index is 920. The maximum absolute atomic E-state index is 12.4. The lowest BCUT2D eigenvalue weighted by Crippen LogP contribution is -2.13. The normalized spacial score (nSPS) is 10.6. The fraction of sp³-hybridized carbons (Fsp3) is 0.118. The smallest absolute Gasteiger partial charge is 0.276 e.